The Hall–Kier alpha value is -2.08. The molecule has 2 aromatic carbocycles. The minimum absolute atomic E-state index is 0.0207. The molecule has 1 N–H and O–H groups in total. The Bertz CT molecular complexity index is 701. The quantitative estimate of drug-likeness (QED) is 0.811. The molecule has 0 bridgehead atoms. The lowest BCUT2D eigenvalue weighted by atomic mass is 9.76. The van der Waals surface area contributed by atoms with Crippen LogP contribution in [0.15, 0.2) is 54.6 Å². The first-order valence-corrected chi connectivity index (χ1v) is 9.16. The van der Waals surface area contributed by atoms with Gasteiger partial charge in [-0.3, -0.25) is 4.90 Å². The fraction of sp³-hybridized carbons (Fsp3) is 0.391. The zero-order chi connectivity index (χ0) is 17.5. The molecule has 0 aliphatic carbocycles. The van der Waals surface area contributed by atoms with Crippen LogP contribution in [0.2, 0.25) is 0 Å². The molecular weight excluding hydrogens is 306 g/mol. The number of hydrogen-bond donors (Lipinski definition) is 1. The lowest BCUT2D eigenvalue weighted by Crippen LogP contribution is -2.45. The number of likely N-dealkylation sites (tertiary alicyclic amines) is 1. The summed E-state index contributed by atoms with van der Waals surface area (Å²) in [6.07, 6.45) is 9.77. The van der Waals surface area contributed by atoms with E-state index in [9.17, 15) is 5.11 Å². The highest BCUT2D eigenvalue weighted by Crippen LogP contribution is 2.35. The van der Waals surface area contributed by atoms with Crippen LogP contribution in [0.5, 0.6) is 0 Å². The first-order valence-electron chi connectivity index (χ1n) is 9.16. The van der Waals surface area contributed by atoms with Gasteiger partial charge >= 0.3 is 0 Å². The van der Waals surface area contributed by atoms with E-state index in [0.717, 1.165) is 50.9 Å². The average molecular weight is 333 g/mol. The van der Waals surface area contributed by atoms with Crippen LogP contribution in [0.25, 0.3) is 0 Å². The Labute approximate surface area is 151 Å². The Kier molecular flexibility index (Phi) is 5.91. The third-order valence-corrected chi connectivity index (χ3v) is 5.39. The molecule has 0 radical (unpaired) electrons. The summed E-state index contributed by atoms with van der Waals surface area (Å²) in [4.78, 5) is 2.48. The second-order valence-electron chi connectivity index (χ2n) is 7.30. The predicted octanol–water partition coefficient (Wildman–Crippen LogP) is 3.88. The molecule has 0 amide bonds. The van der Waals surface area contributed by atoms with Crippen molar-refractivity contribution in [1.29, 1.82) is 0 Å². The number of aliphatic hydroxyl groups excluding tert-OH is 1. The van der Waals surface area contributed by atoms with Crippen molar-refractivity contribution in [1.82, 2.24) is 4.90 Å². The molecule has 1 fully saturated rings. The van der Waals surface area contributed by atoms with Crippen molar-refractivity contribution in [3.8, 4) is 12.3 Å². The number of aryl methyl sites for hydroxylation is 1. The van der Waals surface area contributed by atoms with Crippen molar-refractivity contribution >= 4 is 0 Å². The van der Waals surface area contributed by atoms with E-state index in [-0.39, 0.29) is 12.0 Å². The van der Waals surface area contributed by atoms with E-state index in [0.29, 0.717) is 0 Å². The Morgan fingerprint density at radius 3 is 2.48 bits per heavy atom. The number of rotatable bonds is 6. The van der Waals surface area contributed by atoms with Gasteiger partial charge in [-0.1, -0.05) is 48.4 Å². The van der Waals surface area contributed by atoms with Crippen molar-refractivity contribution < 1.29 is 5.11 Å². The van der Waals surface area contributed by atoms with E-state index in [1.165, 1.54) is 11.1 Å². The third kappa shape index (κ3) is 4.72. The zero-order valence-electron chi connectivity index (χ0n) is 14.8. The van der Waals surface area contributed by atoms with Gasteiger partial charge in [0.25, 0.3) is 0 Å². The van der Waals surface area contributed by atoms with Gasteiger partial charge in [-0.25, -0.2) is 0 Å². The van der Waals surface area contributed by atoms with Crippen molar-refractivity contribution in [3.05, 3.63) is 71.3 Å². The number of benzene rings is 2. The molecule has 1 saturated heterocycles. The SMILES string of the molecule is C#Cc1ccc(CN2CCC[C@](CO)(CCc3ccccc3)C2)cc1. The van der Waals surface area contributed by atoms with E-state index in [1.54, 1.807) is 0 Å². The lowest BCUT2D eigenvalue weighted by molar-refractivity contribution is 0.0224. The van der Waals surface area contributed by atoms with Gasteiger partial charge in [0.1, 0.15) is 0 Å². The Morgan fingerprint density at radius 1 is 1.04 bits per heavy atom. The molecule has 1 aliphatic heterocycles. The van der Waals surface area contributed by atoms with Gasteiger partial charge in [0.2, 0.25) is 0 Å². The largest absolute Gasteiger partial charge is 0.396 e. The number of piperidine rings is 1. The van der Waals surface area contributed by atoms with Crippen molar-refractivity contribution in [2.24, 2.45) is 5.41 Å². The normalized spacial score (nSPS) is 21.0. The van der Waals surface area contributed by atoms with Crippen LogP contribution in [0.4, 0.5) is 0 Å². The molecule has 2 heteroatoms. The van der Waals surface area contributed by atoms with Crippen LogP contribution >= 0.6 is 0 Å². The molecule has 130 valence electrons. The molecule has 0 aromatic heterocycles. The van der Waals surface area contributed by atoms with E-state index in [2.05, 4.69) is 53.3 Å². The van der Waals surface area contributed by atoms with Crippen molar-refractivity contribution in [3.63, 3.8) is 0 Å². The van der Waals surface area contributed by atoms with Crippen molar-refractivity contribution in [2.45, 2.75) is 32.2 Å². The van der Waals surface area contributed by atoms with Gasteiger partial charge < -0.3 is 5.11 Å². The summed E-state index contributed by atoms with van der Waals surface area (Å²) in [5, 5.41) is 10.1. The van der Waals surface area contributed by atoms with Crippen LogP contribution in [-0.4, -0.2) is 29.7 Å². The molecule has 0 spiro atoms. The van der Waals surface area contributed by atoms with Crippen LogP contribution < -0.4 is 0 Å². The summed E-state index contributed by atoms with van der Waals surface area (Å²) >= 11 is 0. The summed E-state index contributed by atoms with van der Waals surface area (Å²) in [6, 6.07) is 18.9. The third-order valence-electron chi connectivity index (χ3n) is 5.39. The highest BCUT2D eigenvalue weighted by molar-refractivity contribution is 5.34. The maximum atomic E-state index is 10.1. The van der Waals surface area contributed by atoms with Gasteiger partial charge in [-0.05, 0) is 55.5 Å². The minimum atomic E-state index is 0.0207. The Morgan fingerprint density at radius 2 is 1.80 bits per heavy atom. The van der Waals surface area contributed by atoms with E-state index >= 15 is 0 Å². The van der Waals surface area contributed by atoms with Crippen molar-refractivity contribution in [2.75, 3.05) is 19.7 Å². The predicted molar refractivity (Wildman–Crippen MR) is 103 cm³/mol. The maximum Gasteiger partial charge on any atom is 0.0499 e. The van der Waals surface area contributed by atoms with Crippen LogP contribution in [0, 0.1) is 17.8 Å². The highest BCUT2D eigenvalue weighted by Gasteiger charge is 2.34. The van der Waals surface area contributed by atoms with Gasteiger partial charge in [0.15, 0.2) is 0 Å². The number of terminal acetylenes is 1. The molecule has 2 nitrogen and oxygen atoms in total. The summed E-state index contributed by atoms with van der Waals surface area (Å²) < 4.78 is 0. The standard InChI is InChI=1S/C23H27NO/c1-2-20-9-11-22(12-10-20)17-24-16-6-14-23(18-24,19-25)15-13-21-7-4-3-5-8-21/h1,3-5,7-12,25H,6,13-19H2/t23-/m0/s1. The van der Waals surface area contributed by atoms with Gasteiger partial charge in [0.05, 0.1) is 0 Å². The topological polar surface area (TPSA) is 23.5 Å². The zero-order valence-corrected chi connectivity index (χ0v) is 14.8. The average Bonchev–Trinajstić information content (AvgIpc) is 2.68. The molecule has 0 saturated carbocycles. The molecule has 25 heavy (non-hydrogen) atoms. The molecule has 0 unspecified atom stereocenters. The van der Waals surface area contributed by atoms with E-state index < -0.39 is 0 Å². The monoisotopic (exact) mass is 333 g/mol. The van der Waals surface area contributed by atoms with Crippen LogP contribution in [0.3, 0.4) is 0 Å². The number of hydrogen-bond acceptors (Lipinski definition) is 2. The van der Waals surface area contributed by atoms with Gasteiger partial charge in [0, 0.05) is 30.7 Å². The van der Waals surface area contributed by atoms with Crippen LogP contribution in [-0.2, 0) is 13.0 Å². The van der Waals surface area contributed by atoms with E-state index in [1.807, 2.05) is 12.1 Å². The fourth-order valence-electron chi connectivity index (χ4n) is 3.88. The summed E-state index contributed by atoms with van der Waals surface area (Å²) in [5.41, 5.74) is 3.59. The first kappa shape index (κ1) is 17.7. The summed E-state index contributed by atoms with van der Waals surface area (Å²) in [7, 11) is 0. The highest BCUT2D eigenvalue weighted by atomic mass is 16.3. The van der Waals surface area contributed by atoms with Gasteiger partial charge in [-0.15, -0.1) is 6.42 Å². The summed E-state index contributed by atoms with van der Waals surface area (Å²) in [6.45, 7) is 3.27. The molecule has 1 atom stereocenters. The smallest absolute Gasteiger partial charge is 0.0499 e. The van der Waals surface area contributed by atoms with Gasteiger partial charge in [-0.2, -0.15) is 0 Å². The molecule has 2 aromatic rings. The maximum absolute atomic E-state index is 10.1. The fourth-order valence-corrected chi connectivity index (χ4v) is 3.88. The molecular formula is C23H27NO. The first-order chi connectivity index (χ1) is 12.2. The second kappa shape index (κ2) is 8.34. The molecule has 3 rings (SSSR count). The second-order valence-corrected chi connectivity index (χ2v) is 7.30. The number of aliphatic hydroxyl groups is 1. The Balaban J connectivity index is 1.62. The molecule has 1 aliphatic rings. The minimum Gasteiger partial charge on any atom is -0.396 e. The van der Waals surface area contributed by atoms with Crippen LogP contribution in [0.1, 0.15) is 36.0 Å². The summed E-state index contributed by atoms with van der Waals surface area (Å²) in [5.74, 6) is 2.67. The molecule has 1 heterocycles. The lowest BCUT2D eigenvalue weighted by Gasteiger charge is -2.42. The van der Waals surface area contributed by atoms with E-state index in [4.69, 9.17) is 6.42 Å². The number of nitrogens with zero attached hydrogens (tertiary/aromatic N) is 1.